The molecule has 43 heavy (non-hydrogen) atoms. The van der Waals surface area contributed by atoms with Crippen molar-refractivity contribution in [3.8, 4) is 6.07 Å². The summed E-state index contributed by atoms with van der Waals surface area (Å²) in [5.74, 6) is 0.0731. The molecule has 0 spiro atoms. The summed E-state index contributed by atoms with van der Waals surface area (Å²) in [4.78, 5) is 10.4. The van der Waals surface area contributed by atoms with Gasteiger partial charge in [0, 0.05) is 17.1 Å². The number of hydrogen-bond acceptors (Lipinski definition) is 3. The fourth-order valence-electron chi connectivity index (χ4n) is 4.54. The van der Waals surface area contributed by atoms with Crippen molar-refractivity contribution in [2.75, 3.05) is 15.1 Å². The number of nitrogens with zero attached hydrogens (tertiary/aromatic N) is 5. The maximum Gasteiger partial charge on any atom is 0.417 e. The largest absolute Gasteiger partial charge is 0.417 e. The van der Waals surface area contributed by atoms with Crippen LogP contribution in [-0.4, -0.2) is 21.6 Å². The Balaban J connectivity index is 1.85. The van der Waals surface area contributed by atoms with E-state index in [0.717, 1.165) is 23.8 Å². The molecule has 1 saturated heterocycles. The summed E-state index contributed by atoms with van der Waals surface area (Å²) in [6, 6.07) is 14.7. The average Bonchev–Trinajstić information content (AvgIpc) is 3.11. The maximum atomic E-state index is 13.9. The number of aliphatic imine (C=N–C) groups is 1. The molecule has 0 bridgehead atoms. The second-order valence-electron chi connectivity index (χ2n) is 9.89. The van der Waals surface area contributed by atoms with Gasteiger partial charge in [0.1, 0.15) is 11.4 Å². The molecule has 3 aromatic carbocycles. The number of alkyl halides is 6. The van der Waals surface area contributed by atoms with Gasteiger partial charge in [-0.3, -0.25) is 4.90 Å². The third-order valence-corrected chi connectivity index (χ3v) is 7.12. The van der Waals surface area contributed by atoms with Crippen molar-refractivity contribution < 1.29 is 26.3 Å². The van der Waals surface area contributed by atoms with E-state index in [9.17, 15) is 26.3 Å². The summed E-state index contributed by atoms with van der Waals surface area (Å²) in [7, 11) is 0. The lowest BCUT2D eigenvalue weighted by molar-refractivity contribution is -0.138. The molecule has 220 valence electrons. The zero-order valence-electron chi connectivity index (χ0n) is 22.6. The number of thiocarbonyl (C=S) groups is 2. The van der Waals surface area contributed by atoms with Crippen molar-refractivity contribution >= 4 is 63.2 Å². The van der Waals surface area contributed by atoms with Gasteiger partial charge in [-0.05, 0) is 87.7 Å². The van der Waals surface area contributed by atoms with Gasteiger partial charge in [-0.1, -0.05) is 23.8 Å². The molecule has 0 amide bonds. The Kier molecular flexibility index (Phi) is 8.24. The van der Waals surface area contributed by atoms with Gasteiger partial charge < -0.3 is 10.2 Å². The maximum absolute atomic E-state index is 13.9. The Morgan fingerprint density at radius 3 is 2.12 bits per heavy atom. The third-order valence-electron chi connectivity index (χ3n) is 6.56. The van der Waals surface area contributed by atoms with E-state index in [1.807, 2.05) is 19.1 Å². The number of rotatable bonds is 3. The van der Waals surface area contributed by atoms with Crippen LogP contribution in [0.2, 0.25) is 0 Å². The highest BCUT2D eigenvalue weighted by molar-refractivity contribution is 7.81. The van der Waals surface area contributed by atoms with E-state index < -0.39 is 40.3 Å². The first-order valence-electron chi connectivity index (χ1n) is 12.3. The van der Waals surface area contributed by atoms with Gasteiger partial charge in [0.2, 0.25) is 0 Å². The number of hydrogen-bond donors (Lipinski definition) is 1. The van der Waals surface area contributed by atoms with Gasteiger partial charge >= 0.3 is 12.4 Å². The van der Waals surface area contributed by atoms with E-state index in [1.54, 1.807) is 30.9 Å². The number of amidine groups is 1. The highest BCUT2D eigenvalue weighted by Crippen LogP contribution is 2.42. The molecule has 0 atom stereocenters. The minimum absolute atomic E-state index is 0.0494. The van der Waals surface area contributed by atoms with Gasteiger partial charge in [0.25, 0.3) is 0 Å². The Morgan fingerprint density at radius 1 is 0.953 bits per heavy atom. The lowest BCUT2D eigenvalue weighted by Crippen LogP contribution is -2.45. The topological polar surface area (TPSA) is 59.0 Å². The number of anilines is 3. The smallest absolute Gasteiger partial charge is 0.331 e. The zero-order valence-corrected chi connectivity index (χ0v) is 24.2. The third kappa shape index (κ3) is 6.16. The summed E-state index contributed by atoms with van der Waals surface area (Å²) in [6.45, 7) is 12.5. The van der Waals surface area contributed by atoms with E-state index in [2.05, 4.69) is 15.2 Å². The van der Waals surface area contributed by atoms with Crippen molar-refractivity contribution in [2.45, 2.75) is 38.7 Å². The summed E-state index contributed by atoms with van der Waals surface area (Å²) >= 11 is 11.1. The molecule has 0 radical (unpaired) electrons. The summed E-state index contributed by atoms with van der Waals surface area (Å²) in [6.07, 6.45) is -9.65. The van der Waals surface area contributed by atoms with Crippen molar-refractivity contribution in [3.05, 3.63) is 94.3 Å². The van der Waals surface area contributed by atoms with Crippen LogP contribution in [0.1, 0.15) is 36.1 Å². The van der Waals surface area contributed by atoms with Crippen LogP contribution in [0.4, 0.5) is 49.1 Å². The SMILES string of the molecule is [C-]#[N+]c1ccc(N2C(=S)N(c3ccc(C)cc3)C(C)(C)C2=NC(=S)Nc2ccc(C#N)c(C(F)(F)F)c2)cc1C(F)(F)F. The molecular weight excluding hydrogens is 610 g/mol. The number of aryl methyl sites for hydroxylation is 1. The van der Waals surface area contributed by atoms with E-state index in [4.69, 9.17) is 36.3 Å². The molecule has 1 heterocycles. The van der Waals surface area contributed by atoms with Gasteiger partial charge in [0.15, 0.2) is 15.9 Å². The normalized spacial score (nSPS) is 15.8. The molecular formula is C29H20F6N6S2. The van der Waals surface area contributed by atoms with E-state index in [1.165, 1.54) is 23.1 Å². The van der Waals surface area contributed by atoms with Crippen LogP contribution in [0.3, 0.4) is 0 Å². The van der Waals surface area contributed by atoms with Crippen LogP contribution < -0.4 is 15.1 Å². The highest BCUT2D eigenvalue weighted by Gasteiger charge is 2.49. The molecule has 14 heteroatoms. The Hall–Kier alpha value is -4.53. The van der Waals surface area contributed by atoms with Crippen LogP contribution in [-0.2, 0) is 12.4 Å². The zero-order chi connectivity index (χ0) is 31.9. The number of halogens is 6. The second-order valence-corrected chi connectivity index (χ2v) is 10.6. The second kappa shape index (κ2) is 11.3. The number of nitrogens with one attached hydrogen (secondary N) is 1. The first-order valence-corrected chi connectivity index (χ1v) is 13.1. The molecule has 0 aromatic heterocycles. The Morgan fingerprint density at radius 2 is 1.56 bits per heavy atom. The fourth-order valence-corrected chi connectivity index (χ4v) is 5.27. The van der Waals surface area contributed by atoms with Crippen LogP contribution >= 0.6 is 24.4 Å². The average molecular weight is 631 g/mol. The van der Waals surface area contributed by atoms with Crippen molar-refractivity contribution in [1.82, 2.24) is 0 Å². The minimum atomic E-state index is -4.84. The molecule has 6 nitrogen and oxygen atoms in total. The van der Waals surface area contributed by atoms with E-state index in [-0.39, 0.29) is 27.4 Å². The Bertz CT molecular complexity index is 1730. The fraction of sp³-hybridized carbons (Fsp3) is 0.207. The minimum Gasteiger partial charge on any atom is -0.331 e. The standard InChI is InChI=1S/C29H20F6N6S2/c1-16-5-9-19(10-6-16)41-26(43)40(20-11-12-23(37-4)22(14-20)29(33,34)35)24(27(41,2)3)39-25(42)38-18-8-7-17(15-36)21(13-18)28(30,31)32/h5-14H,1-3H3,(H,38,42). The highest BCUT2D eigenvalue weighted by atomic mass is 32.1. The molecule has 0 unspecified atom stereocenters. The lowest BCUT2D eigenvalue weighted by atomic mass is 10.0. The van der Waals surface area contributed by atoms with Gasteiger partial charge in [0.05, 0.1) is 29.3 Å². The predicted molar refractivity (Wildman–Crippen MR) is 160 cm³/mol. The first kappa shape index (κ1) is 31.4. The molecule has 3 aromatic rings. The van der Waals surface area contributed by atoms with Crippen LogP contribution in [0, 0.1) is 24.8 Å². The number of benzene rings is 3. The van der Waals surface area contributed by atoms with Crippen molar-refractivity contribution in [3.63, 3.8) is 0 Å². The molecule has 1 N–H and O–H groups in total. The Labute approximate surface area is 253 Å². The van der Waals surface area contributed by atoms with E-state index >= 15 is 0 Å². The van der Waals surface area contributed by atoms with Crippen LogP contribution in [0.15, 0.2) is 65.7 Å². The van der Waals surface area contributed by atoms with Crippen LogP contribution in [0.25, 0.3) is 4.85 Å². The molecule has 1 aliphatic heterocycles. The van der Waals surface area contributed by atoms with Gasteiger partial charge in [-0.2, -0.15) is 31.6 Å². The number of nitriles is 1. The van der Waals surface area contributed by atoms with Crippen molar-refractivity contribution in [1.29, 1.82) is 5.26 Å². The summed E-state index contributed by atoms with van der Waals surface area (Å²) < 4.78 is 82.2. The summed E-state index contributed by atoms with van der Waals surface area (Å²) in [5, 5.41) is 11.4. The monoisotopic (exact) mass is 630 g/mol. The molecule has 4 rings (SSSR count). The first-order chi connectivity index (χ1) is 20.0. The predicted octanol–water partition coefficient (Wildman–Crippen LogP) is 8.64. The van der Waals surface area contributed by atoms with Crippen molar-refractivity contribution in [2.24, 2.45) is 4.99 Å². The summed E-state index contributed by atoms with van der Waals surface area (Å²) in [5.41, 5.74) is -3.27. The molecule has 1 aliphatic rings. The van der Waals surface area contributed by atoms with Crippen LogP contribution in [0.5, 0.6) is 0 Å². The van der Waals surface area contributed by atoms with E-state index in [0.29, 0.717) is 11.8 Å². The van der Waals surface area contributed by atoms with Gasteiger partial charge in [-0.15, -0.1) is 0 Å². The molecule has 0 saturated carbocycles. The molecule has 1 fully saturated rings. The molecule has 0 aliphatic carbocycles. The lowest BCUT2D eigenvalue weighted by Gasteiger charge is -2.31. The quantitative estimate of drug-likeness (QED) is 0.178. The van der Waals surface area contributed by atoms with Gasteiger partial charge in [-0.25, -0.2) is 9.84 Å².